The molecule has 0 aliphatic carbocycles. The van der Waals surface area contributed by atoms with Crippen molar-refractivity contribution in [2.45, 2.75) is 38.7 Å². The summed E-state index contributed by atoms with van der Waals surface area (Å²) in [5.74, 6) is 0.824. The number of sulfonamides is 1. The molecule has 1 heterocycles. The average molecular weight is 447 g/mol. The predicted octanol–water partition coefficient (Wildman–Crippen LogP) is 2.88. The normalized spacial score (nSPS) is 16.3. The molecule has 0 saturated heterocycles. The smallest absolute Gasteiger partial charge is 0.263 e. The second kappa shape index (κ2) is 8.78. The zero-order valence-electron chi connectivity index (χ0n) is 18.6. The van der Waals surface area contributed by atoms with Gasteiger partial charge in [0.25, 0.3) is 5.91 Å². The number of carbonyl (C=O) groups is 1. The standard InChI is InChI=1S/C23H30N2O5S/c1-23(2,3)17-8-11-20-19(14-17)25(31(5,27)28)15-21(30-20)22(26)24-13-12-16-6-9-18(29-4)10-7-16/h6-11,14,21H,12-13,15H2,1-5H3,(H,24,26). The van der Waals surface area contributed by atoms with Crippen molar-refractivity contribution < 1.29 is 22.7 Å². The minimum Gasteiger partial charge on any atom is -0.497 e. The van der Waals surface area contributed by atoms with Gasteiger partial charge in [-0.15, -0.1) is 0 Å². The number of methoxy groups -OCH3 is 1. The van der Waals surface area contributed by atoms with Gasteiger partial charge in [-0.3, -0.25) is 9.10 Å². The van der Waals surface area contributed by atoms with E-state index in [9.17, 15) is 13.2 Å². The molecule has 0 saturated carbocycles. The summed E-state index contributed by atoms with van der Waals surface area (Å²) in [7, 11) is -1.96. The molecule has 1 N–H and O–H groups in total. The zero-order chi connectivity index (χ0) is 22.8. The van der Waals surface area contributed by atoms with Gasteiger partial charge in [-0.25, -0.2) is 8.42 Å². The monoisotopic (exact) mass is 446 g/mol. The van der Waals surface area contributed by atoms with Gasteiger partial charge in [0.05, 0.1) is 25.6 Å². The lowest BCUT2D eigenvalue weighted by atomic mass is 9.86. The van der Waals surface area contributed by atoms with Gasteiger partial charge < -0.3 is 14.8 Å². The SMILES string of the molecule is COc1ccc(CCNC(=O)C2CN(S(C)(=O)=O)c3cc(C(C)(C)C)ccc3O2)cc1. The fourth-order valence-electron chi connectivity index (χ4n) is 3.40. The Balaban J connectivity index is 1.72. The van der Waals surface area contributed by atoms with Crippen molar-refractivity contribution in [3.63, 3.8) is 0 Å². The summed E-state index contributed by atoms with van der Waals surface area (Å²) in [6.45, 7) is 6.53. The molecule has 31 heavy (non-hydrogen) atoms. The molecule has 0 bridgehead atoms. The first kappa shape index (κ1) is 22.9. The molecule has 1 aliphatic heterocycles. The summed E-state index contributed by atoms with van der Waals surface area (Å²) >= 11 is 0. The number of rotatable bonds is 6. The van der Waals surface area contributed by atoms with E-state index >= 15 is 0 Å². The van der Waals surface area contributed by atoms with E-state index in [0.717, 1.165) is 23.1 Å². The second-order valence-corrected chi connectivity index (χ2v) is 10.6. The highest BCUT2D eigenvalue weighted by atomic mass is 32.2. The van der Waals surface area contributed by atoms with E-state index in [-0.39, 0.29) is 17.9 Å². The lowest BCUT2D eigenvalue weighted by Crippen LogP contribution is -2.50. The molecule has 3 rings (SSSR count). The van der Waals surface area contributed by atoms with Gasteiger partial charge in [0, 0.05) is 6.54 Å². The van der Waals surface area contributed by atoms with Crippen LogP contribution in [0.2, 0.25) is 0 Å². The van der Waals surface area contributed by atoms with E-state index in [0.29, 0.717) is 24.4 Å². The molecule has 0 spiro atoms. The van der Waals surface area contributed by atoms with Crippen molar-refractivity contribution in [2.24, 2.45) is 0 Å². The lowest BCUT2D eigenvalue weighted by Gasteiger charge is -2.35. The molecule has 168 valence electrons. The average Bonchev–Trinajstić information content (AvgIpc) is 2.71. The molecule has 1 unspecified atom stereocenters. The number of hydrogen-bond donors (Lipinski definition) is 1. The maximum atomic E-state index is 12.7. The number of nitrogens with one attached hydrogen (secondary N) is 1. The van der Waals surface area contributed by atoms with Gasteiger partial charge in [-0.2, -0.15) is 0 Å². The Labute approximate surface area is 184 Å². The molecule has 2 aromatic carbocycles. The third-order valence-electron chi connectivity index (χ3n) is 5.26. The highest BCUT2D eigenvalue weighted by Crippen LogP contribution is 2.38. The molecule has 0 fully saturated rings. The molecule has 1 aliphatic rings. The number of nitrogens with zero attached hydrogens (tertiary/aromatic N) is 1. The van der Waals surface area contributed by atoms with Crippen LogP contribution in [0.5, 0.6) is 11.5 Å². The van der Waals surface area contributed by atoms with Crippen molar-refractivity contribution in [3.8, 4) is 11.5 Å². The van der Waals surface area contributed by atoms with Crippen LogP contribution in [-0.2, 0) is 26.7 Å². The molecule has 8 heteroatoms. The van der Waals surface area contributed by atoms with Gasteiger partial charge in [0.15, 0.2) is 6.10 Å². The third-order valence-corrected chi connectivity index (χ3v) is 6.41. The van der Waals surface area contributed by atoms with E-state index in [2.05, 4.69) is 26.1 Å². The predicted molar refractivity (Wildman–Crippen MR) is 121 cm³/mol. The van der Waals surface area contributed by atoms with Crippen LogP contribution in [0.4, 0.5) is 5.69 Å². The molecule has 0 radical (unpaired) electrons. The third kappa shape index (κ3) is 5.50. The van der Waals surface area contributed by atoms with E-state index in [1.807, 2.05) is 36.4 Å². The second-order valence-electron chi connectivity index (χ2n) is 8.72. The van der Waals surface area contributed by atoms with Crippen molar-refractivity contribution in [2.75, 3.05) is 30.8 Å². The molecule has 0 aromatic heterocycles. The Morgan fingerprint density at radius 2 is 1.87 bits per heavy atom. The number of carbonyl (C=O) groups excluding carboxylic acids is 1. The Bertz CT molecular complexity index is 1040. The highest BCUT2D eigenvalue weighted by molar-refractivity contribution is 7.92. The number of amides is 1. The van der Waals surface area contributed by atoms with Gasteiger partial charge in [0.1, 0.15) is 11.5 Å². The van der Waals surface area contributed by atoms with E-state index in [1.54, 1.807) is 13.2 Å². The Morgan fingerprint density at radius 1 is 1.19 bits per heavy atom. The maximum Gasteiger partial charge on any atom is 0.263 e. The van der Waals surface area contributed by atoms with Crippen LogP contribution in [-0.4, -0.2) is 46.9 Å². The summed E-state index contributed by atoms with van der Waals surface area (Å²) in [6, 6.07) is 13.1. The summed E-state index contributed by atoms with van der Waals surface area (Å²) in [4.78, 5) is 12.7. The number of fused-ring (bicyclic) bond motifs is 1. The molecule has 1 amide bonds. The Hall–Kier alpha value is -2.74. The first-order valence-corrected chi connectivity index (χ1v) is 12.0. The van der Waals surface area contributed by atoms with E-state index in [4.69, 9.17) is 9.47 Å². The van der Waals surface area contributed by atoms with Crippen molar-refractivity contribution >= 4 is 21.6 Å². The van der Waals surface area contributed by atoms with Crippen molar-refractivity contribution in [1.82, 2.24) is 5.32 Å². The van der Waals surface area contributed by atoms with Crippen LogP contribution in [0.15, 0.2) is 42.5 Å². The molecule has 7 nitrogen and oxygen atoms in total. The quantitative estimate of drug-likeness (QED) is 0.738. The molecular weight excluding hydrogens is 416 g/mol. The van der Waals surface area contributed by atoms with Crippen LogP contribution >= 0.6 is 0 Å². The number of anilines is 1. The van der Waals surface area contributed by atoms with E-state index < -0.39 is 16.1 Å². The zero-order valence-corrected chi connectivity index (χ0v) is 19.5. The highest BCUT2D eigenvalue weighted by Gasteiger charge is 2.35. The Morgan fingerprint density at radius 3 is 2.45 bits per heavy atom. The maximum absolute atomic E-state index is 12.7. The number of ether oxygens (including phenoxy) is 2. The molecule has 1 atom stereocenters. The summed E-state index contributed by atoms with van der Waals surface area (Å²) in [6.07, 6.45) is 0.868. The van der Waals surface area contributed by atoms with Crippen LogP contribution in [0.3, 0.4) is 0 Å². The summed E-state index contributed by atoms with van der Waals surface area (Å²) in [5, 5.41) is 2.85. The number of hydrogen-bond acceptors (Lipinski definition) is 5. The van der Waals surface area contributed by atoms with Crippen LogP contribution in [0, 0.1) is 0 Å². The van der Waals surface area contributed by atoms with Gasteiger partial charge in [-0.05, 0) is 47.2 Å². The number of benzene rings is 2. The van der Waals surface area contributed by atoms with E-state index in [1.165, 1.54) is 4.31 Å². The summed E-state index contributed by atoms with van der Waals surface area (Å²) in [5.41, 5.74) is 2.38. The topological polar surface area (TPSA) is 84.9 Å². The fraction of sp³-hybridized carbons (Fsp3) is 0.435. The minimum atomic E-state index is -3.58. The van der Waals surface area contributed by atoms with Crippen LogP contribution < -0.4 is 19.1 Å². The molecular formula is C23H30N2O5S. The van der Waals surface area contributed by atoms with Crippen LogP contribution in [0.1, 0.15) is 31.9 Å². The van der Waals surface area contributed by atoms with Gasteiger partial charge in [-0.1, -0.05) is 39.0 Å². The van der Waals surface area contributed by atoms with Gasteiger partial charge >= 0.3 is 0 Å². The fourth-order valence-corrected chi connectivity index (χ4v) is 4.31. The first-order chi connectivity index (χ1) is 14.5. The van der Waals surface area contributed by atoms with Crippen molar-refractivity contribution in [1.29, 1.82) is 0 Å². The minimum absolute atomic E-state index is 0.0617. The van der Waals surface area contributed by atoms with Crippen molar-refractivity contribution in [3.05, 3.63) is 53.6 Å². The van der Waals surface area contributed by atoms with Crippen LogP contribution in [0.25, 0.3) is 0 Å². The Kier molecular flexibility index (Phi) is 6.50. The first-order valence-electron chi connectivity index (χ1n) is 10.2. The largest absolute Gasteiger partial charge is 0.497 e. The van der Waals surface area contributed by atoms with Gasteiger partial charge in [0.2, 0.25) is 10.0 Å². The molecule has 2 aromatic rings. The lowest BCUT2D eigenvalue weighted by molar-refractivity contribution is -0.127. The summed E-state index contributed by atoms with van der Waals surface area (Å²) < 4.78 is 37.2.